The molecule has 0 aliphatic carbocycles. The maximum Gasteiger partial charge on any atom is 0.255 e. The standard InChI is InChI=1S/C23H22ClN3O5S/c24-17-6-9-19(10-7-17)32-22-11-8-18(14-25-22)27-23(28)16-3-1-5-21(13-16)33(29,30)26-15-20-4-2-12-31-20/h1,3,5-11,13-14,20,26H,2,4,12,15H2,(H,27,28). The van der Waals surface area contributed by atoms with E-state index in [-0.39, 0.29) is 23.1 Å². The third-order valence-corrected chi connectivity index (χ3v) is 6.64. The van der Waals surface area contributed by atoms with Crippen LogP contribution in [0.1, 0.15) is 23.2 Å². The number of aromatic nitrogens is 1. The number of pyridine rings is 1. The molecule has 1 atom stereocenters. The van der Waals surface area contributed by atoms with Crippen molar-refractivity contribution in [2.45, 2.75) is 23.8 Å². The Kier molecular flexibility index (Phi) is 7.24. The molecule has 2 heterocycles. The van der Waals surface area contributed by atoms with Crippen LogP contribution in [0.25, 0.3) is 0 Å². The molecule has 0 radical (unpaired) electrons. The second-order valence-corrected chi connectivity index (χ2v) is 9.61. The molecular formula is C23H22ClN3O5S. The zero-order chi connectivity index (χ0) is 23.3. The zero-order valence-electron chi connectivity index (χ0n) is 17.5. The second-order valence-electron chi connectivity index (χ2n) is 7.41. The average Bonchev–Trinajstić information content (AvgIpc) is 3.35. The number of amides is 1. The summed E-state index contributed by atoms with van der Waals surface area (Å²) in [6.45, 7) is 0.847. The van der Waals surface area contributed by atoms with E-state index < -0.39 is 15.9 Å². The minimum atomic E-state index is -3.76. The van der Waals surface area contributed by atoms with Gasteiger partial charge in [0.2, 0.25) is 15.9 Å². The van der Waals surface area contributed by atoms with Crippen LogP contribution >= 0.6 is 11.6 Å². The van der Waals surface area contributed by atoms with Crippen LogP contribution in [-0.4, -0.2) is 38.6 Å². The molecule has 0 spiro atoms. The largest absolute Gasteiger partial charge is 0.439 e. The van der Waals surface area contributed by atoms with Gasteiger partial charge in [0.25, 0.3) is 5.91 Å². The first kappa shape index (κ1) is 23.2. The van der Waals surface area contributed by atoms with Gasteiger partial charge < -0.3 is 14.8 Å². The lowest BCUT2D eigenvalue weighted by Crippen LogP contribution is -2.32. The monoisotopic (exact) mass is 487 g/mol. The Morgan fingerprint density at radius 1 is 1.15 bits per heavy atom. The fourth-order valence-corrected chi connectivity index (χ4v) is 4.47. The van der Waals surface area contributed by atoms with Crippen LogP contribution in [0.3, 0.4) is 0 Å². The van der Waals surface area contributed by atoms with Crippen LogP contribution in [0.5, 0.6) is 11.6 Å². The number of rotatable bonds is 8. The number of benzene rings is 2. The molecule has 0 bridgehead atoms. The van der Waals surface area contributed by atoms with E-state index in [1.807, 2.05) is 0 Å². The van der Waals surface area contributed by atoms with Crippen molar-refractivity contribution in [2.24, 2.45) is 0 Å². The summed E-state index contributed by atoms with van der Waals surface area (Å²) in [7, 11) is -3.76. The molecule has 1 saturated heterocycles. The van der Waals surface area contributed by atoms with Crippen molar-refractivity contribution in [1.82, 2.24) is 9.71 Å². The highest BCUT2D eigenvalue weighted by Crippen LogP contribution is 2.22. The number of hydrogen-bond acceptors (Lipinski definition) is 6. The summed E-state index contributed by atoms with van der Waals surface area (Å²) >= 11 is 5.86. The van der Waals surface area contributed by atoms with Gasteiger partial charge in [-0.25, -0.2) is 18.1 Å². The van der Waals surface area contributed by atoms with Crippen molar-refractivity contribution >= 4 is 33.2 Å². The number of sulfonamides is 1. The van der Waals surface area contributed by atoms with Gasteiger partial charge in [-0.15, -0.1) is 0 Å². The predicted octanol–water partition coefficient (Wildman–Crippen LogP) is 4.24. The summed E-state index contributed by atoms with van der Waals surface area (Å²) in [5.74, 6) is 0.467. The quantitative estimate of drug-likeness (QED) is 0.492. The summed E-state index contributed by atoms with van der Waals surface area (Å²) in [6, 6.07) is 15.9. The van der Waals surface area contributed by atoms with Crippen molar-refractivity contribution < 1.29 is 22.7 Å². The fraction of sp³-hybridized carbons (Fsp3) is 0.217. The Labute approximate surface area is 197 Å². The Morgan fingerprint density at radius 2 is 1.97 bits per heavy atom. The van der Waals surface area contributed by atoms with E-state index in [0.717, 1.165) is 12.8 Å². The highest BCUT2D eigenvalue weighted by molar-refractivity contribution is 7.89. The van der Waals surface area contributed by atoms with Gasteiger partial charge >= 0.3 is 0 Å². The number of ether oxygens (including phenoxy) is 2. The fourth-order valence-electron chi connectivity index (χ4n) is 3.24. The van der Waals surface area contributed by atoms with Crippen molar-refractivity contribution in [1.29, 1.82) is 0 Å². The van der Waals surface area contributed by atoms with Gasteiger partial charge in [0.1, 0.15) is 5.75 Å². The van der Waals surface area contributed by atoms with Crippen molar-refractivity contribution in [3.63, 3.8) is 0 Å². The van der Waals surface area contributed by atoms with Gasteiger partial charge in [0.05, 0.1) is 22.9 Å². The van der Waals surface area contributed by atoms with E-state index in [2.05, 4.69) is 15.0 Å². The number of halogens is 1. The van der Waals surface area contributed by atoms with Crippen LogP contribution in [0.2, 0.25) is 5.02 Å². The van der Waals surface area contributed by atoms with E-state index in [0.29, 0.717) is 28.9 Å². The van der Waals surface area contributed by atoms with Gasteiger partial charge in [-0.1, -0.05) is 17.7 Å². The minimum absolute atomic E-state index is 0.0120. The lowest BCUT2D eigenvalue weighted by molar-refractivity contribution is 0.102. The number of carbonyl (C=O) groups is 1. The lowest BCUT2D eigenvalue weighted by atomic mass is 10.2. The highest BCUT2D eigenvalue weighted by atomic mass is 35.5. The molecule has 3 aromatic rings. The van der Waals surface area contributed by atoms with Crippen LogP contribution < -0.4 is 14.8 Å². The normalized spacial score (nSPS) is 15.8. The first-order chi connectivity index (χ1) is 15.9. The topological polar surface area (TPSA) is 107 Å². The number of carbonyl (C=O) groups excluding carboxylic acids is 1. The predicted molar refractivity (Wildman–Crippen MR) is 124 cm³/mol. The van der Waals surface area contributed by atoms with Crippen molar-refractivity contribution in [3.8, 4) is 11.6 Å². The summed E-state index contributed by atoms with van der Waals surface area (Å²) < 4.78 is 38.8. The molecule has 33 heavy (non-hydrogen) atoms. The molecule has 2 aromatic carbocycles. The number of nitrogens with zero attached hydrogens (tertiary/aromatic N) is 1. The maximum absolute atomic E-state index is 12.7. The molecule has 0 saturated carbocycles. The second kappa shape index (κ2) is 10.3. The van der Waals surface area contributed by atoms with E-state index in [1.165, 1.54) is 24.4 Å². The molecule has 2 N–H and O–H groups in total. The SMILES string of the molecule is O=C(Nc1ccc(Oc2ccc(Cl)cc2)nc1)c1cccc(S(=O)(=O)NCC2CCCO2)c1. The molecule has 172 valence electrons. The molecule has 1 aliphatic heterocycles. The van der Waals surface area contributed by atoms with Gasteiger partial charge in [0.15, 0.2) is 0 Å². The smallest absolute Gasteiger partial charge is 0.255 e. The first-order valence-corrected chi connectivity index (χ1v) is 12.2. The van der Waals surface area contributed by atoms with Gasteiger partial charge in [-0.05, 0) is 61.4 Å². The van der Waals surface area contributed by atoms with Crippen molar-refractivity contribution in [3.05, 3.63) is 77.4 Å². The lowest BCUT2D eigenvalue weighted by Gasteiger charge is -2.12. The zero-order valence-corrected chi connectivity index (χ0v) is 19.1. The Hall–Kier alpha value is -2.98. The molecule has 4 rings (SSSR count). The third kappa shape index (κ3) is 6.29. The van der Waals surface area contributed by atoms with E-state index in [4.69, 9.17) is 21.1 Å². The Morgan fingerprint density at radius 3 is 2.67 bits per heavy atom. The highest BCUT2D eigenvalue weighted by Gasteiger charge is 2.21. The number of nitrogens with one attached hydrogen (secondary N) is 2. The van der Waals surface area contributed by atoms with E-state index >= 15 is 0 Å². The van der Waals surface area contributed by atoms with Crippen LogP contribution in [0.4, 0.5) is 5.69 Å². The maximum atomic E-state index is 12.7. The summed E-state index contributed by atoms with van der Waals surface area (Å²) in [6.07, 6.45) is 3.08. The van der Waals surface area contributed by atoms with Crippen LogP contribution in [0, 0.1) is 0 Å². The van der Waals surface area contributed by atoms with Crippen LogP contribution in [-0.2, 0) is 14.8 Å². The molecular weight excluding hydrogens is 466 g/mol. The molecule has 1 aliphatic rings. The summed E-state index contributed by atoms with van der Waals surface area (Å²) in [4.78, 5) is 16.8. The Balaban J connectivity index is 1.38. The van der Waals surface area contributed by atoms with E-state index in [1.54, 1.807) is 42.5 Å². The first-order valence-electron chi connectivity index (χ1n) is 10.3. The molecule has 1 amide bonds. The minimum Gasteiger partial charge on any atom is -0.439 e. The number of hydrogen-bond donors (Lipinski definition) is 2. The van der Waals surface area contributed by atoms with Gasteiger partial charge in [-0.2, -0.15) is 0 Å². The summed E-state index contributed by atoms with van der Waals surface area (Å²) in [5, 5.41) is 3.30. The molecule has 1 unspecified atom stereocenters. The molecule has 1 fully saturated rings. The molecule has 1 aromatic heterocycles. The Bertz CT molecular complexity index is 1210. The summed E-state index contributed by atoms with van der Waals surface area (Å²) in [5.41, 5.74) is 0.643. The van der Waals surface area contributed by atoms with Crippen molar-refractivity contribution in [2.75, 3.05) is 18.5 Å². The number of anilines is 1. The van der Waals surface area contributed by atoms with Gasteiger partial charge in [0, 0.05) is 29.8 Å². The van der Waals surface area contributed by atoms with E-state index in [9.17, 15) is 13.2 Å². The van der Waals surface area contributed by atoms with Crippen LogP contribution in [0.15, 0.2) is 71.8 Å². The van der Waals surface area contributed by atoms with Gasteiger partial charge in [-0.3, -0.25) is 4.79 Å². The average molecular weight is 488 g/mol. The third-order valence-electron chi connectivity index (χ3n) is 4.96. The molecule has 8 nitrogen and oxygen atoms in total. The molecule has 10 heteroatoms.